The number of carbonyl (C=O) groups excluding carboxylic acids is 1. The highest BCUT2D eigenvalue weighted by Gasteiger charge is 2.05. The second-order valence-electron chi connectivity index (χ2n) is 3.64. The second kappa shape index (κ2) is 6.52. The van der Waals surface area contributed by atoms with Gasteiger partial charge in [0.15, 0.2) is 0 Å². The SMILES string of the molecule is CCNN=CNC(=O)Nc1c(C)cccc1C. The molecule has 0 radical (unpaired) electrons. The van der Waals surface area contributed by atoms with E-state index in [9.17, 15) is 4.79 Å². The number of urea groups is 1. The van der Waals surface area contributed by atoms with Crippen molar-refractivity contribution in [3.63, 3.8) is 0 Å². The molecule has 0 bridgehead atoms. The number of para-hydroxylation sites is 1. The largest absolute Gasteiger partial charge is 0.324 e. The molecule has 1 aromatic carbocycles. The average molecular weight is 234 g/mol. The number of nitrogens with one attached hydrogen (secondary N) is 3. The third kappa shape index (κ3) is 4.14. The zero-order chi connectivity index (χ0) is 12.7. The van der Waals surface area contributed by atoms with Crippen LogP contribution in [0.4, 0.5) is 10.5 Å². The normalized spacial score (nSPS) is 10.3. The molecule has 0 spiro atoms. The van der Waals surface area contributed by atoms with Gasteiger partial charge in [-0.15, -0.1) is 0 Å². The van der Waals surface area contributed by atoms with Gasteiger partial charge in [0.05, 0.1) is 0 Å². The Balaban J connectivity index is 2.56. The van der Waals surface area contributed by atoms with Crippen LogP contribution in [0.2, 0.25) is 0 Å². The summed E-state index contributed by atoms with van der Waals surface area (Å²) >= 11 is 0. The molecule has 5 heteroatoms. The van der Waals surface area contributed by atoms with Crippen molar-refractivity contribution in [1.82, 2.24) is 10.7 Å². The van der Waals surface area contributed by atoms with Crippen molar-refractivity contribution >= 4 is 18.1 Å². The molecule has 0 saturated heterocycles. The van der Waals surface area contributed by atoms with Crippen LogP contribution in [0.5, 0.6) is 0 Å². The molecule has 1 aromatic rings. The summed E-state index contributed by atoms with van der Waals surface area (Å²) in [5.74, 6) is 0. The van der Waals surface area contributed by atoms with E-state index in [1.165, 1.54) is 6.34 Å². The monoisotopic (exact) mass is 234 g/mol. The quantitative estimate of drug-likeness (QED) is 0.423. The van der Waals surface area contributed by atoms with E-state index in [1.807, 2.05) is 39.0 Å². The van der Waals surface area contributed by atoms with Gasteiger partial charge in [-0.05, 0) is 31.9 Å². The van der Waals surface area contributed by atoms with Gasteiger partial charge in [-0.1, -0.05) is 18.2 Å². The minimum atomic E-state index is -0.302. The Bertz CT molecular complexity index is 395. The third-order valence-electron chi connectivity index (χ3n) is 2.23. The maximum Gasteiger partial charge on any atom is 0.324 e. The number of amides is 2. The first kappa shape index (κ1) is 13.0. The fourth-order valence-electron chi connectivity index (χ4n) is 1.39. The summed E-state index contributed by atoms with van der Waals surface area (Å²) < 4.78 is 0. The van der Waals surface area contributed by atoms with E-state index in [0.717, 1.165) is 23.4 Å². The van der Waals surface area contributed by atoms with Gasteiger partial charge in [-0.2, -0.15) is 5.10 Å². The smallest absolute Gasteiger partial charge is 0.309 e. The van der Waals surface area contributed by atoms with Gasteiger partial charge in [0.2, 0.25) is 0 Å². The standard InChI is InChI=1S/C12H18N4O/c1-4-14-15-8-13-12(17)16-11-9(2)6-5-7-10(11)3/h5-8,14H,4H2,1-3H3,(H2,13,15,16,17). The first-order valence-electron chi connectivity index (χ1n) is 5.53. The molecular weight excluding hydrogens is 216 g/mol. The van der Waals surface area contributed by atoms with Crippen molar-refractivity contribution in [2.45, 2.75) is 20.8 Å². The van der Waals surface area contributed by atoms with E-state index >= 15 is 0 Å². The highest BCUT2D eigenvalue weighted by molar-refractivity contribution is 5.97. The van der Waals surface area contributed by atoms with Crippen molar-refractivity contribution in [1.29, 1.82) is 0 Å². The molecule has 92 valence electrons. The molecule has 0 aliphatic heterocycles. The van der Waals surface area contributed by atoms with E-state index in [0.29, 0.717) is 0 Å². The Labute approximate surface area is 101 Å². The molecule has 0 aliphatic carbocycles. The Hall–Kier alpha value is -2.04. The maximum atomic E-state index is 11.5. The van der Waals surface area contributed by atoms with Gasteiger partial charge >= 0.3 is 6.03 Å². The number of rotatable bonds is 4. The Kier molecular flexibility index (Phi) is 5.00. The Morgan fingerprint density at radius 1 is 1.35 bits per heavy atom. The molecule has 17 heavy (non-hydrogen) atoms. The van der Waals surface area contributed by atoms with Gasteiger partial charge in [0.25, 0.3) is 0 Å². The van der Waals surface area contributed by atoms with Crippen molar-refractivity contribution < 1.29 is 4.79 Å². The van der Waals surface area contributed by atoms with Crippen LogP contribution in [0, 0.1) is 13.8 Å². The average Bonchev–Trinajstić information content (AvgIpc) is 2.30. The van der Waals surface area contributed by atoms with E-state index in [2.05, 4.69) is 21.2 Å². The number of hydrogen-bond donors (Lipinski definition) is 3. The van der Waals surface area contributed by atoms with Crippen LogP contribution in [0.25, 0.3) is 0 Å². The lowest BCUT2D eigenvalue weighted by Gasteiger charge is -2.10. The van der Waals surface area contributed by atoms with Crippen LogP contribution in [0.1, 0.15) is 18.1 Å². The van der Waals surface area contributed by atoms with Gasteiger partial charge < -0.3 is 10.7 Å². The number of hydrogen-bond acceptors (Lipinski definition) is 3. The van der Waals surface area contributed by atoms with E-state index < -0.39 is 0 Å². The minimum Gasteiger partial charge on any atom is -0.309 e. The van der Waals surface area contributed by atoms with Crippen molar-refractivity contribution in [2.24, 2.45) is 5.10 Å². The molecule has 0 aliphatic rings. The molecule has 0 heterocycles. The fourth-order valence-corrected chi connectivity index (χ4v) is 1.39. The van der Waals surface area contributed by atoms with Gasteiger partial charge in [0.1, 0.15) is 6.34 Å². The molecule has 0 unspecified atom stereocenters. The summed E-state index contributed by atoms with van der Waals surface area (Å²) in [7, 11) is 0. The van der Waals surface area contributed by atoms with E-state index in [4.69, 9.17) is 0 Å². The van der Waals surface area contributed by atoms with E-state index in [-0.39, 0.29) is 6.03 Å². The van der Waals surface area contributed by atoms with Crippen LogP contribution < -0.4 is 16.1 Å². The molecule has 1 rings (SSSR count). The lowest BCUT2D eigenvalue weighted by Crippen LogP contribution is -2.28. The molecule has 5 nitrogen and oxygen atoms in total. The Morgan fingerprint density at radius 3 is 2.59 bits per heavy atom. The summed E-state index contributed by atoms with van der Waals surface area (Å²) in [6.45, 7) is 6.55. The number of hydrazone groups is 1. The summed E-state index contributed by atoms with van der Waals surface area (Å²) in [6, 6.07) is 5.56. The van der Waals surface area contributed by atoms with Crippen molar-refractivity contribution in [2.75, 3.05) is 11.9 Å². The summed E-state index contributed by atoms with van der Waals surface area (Å²) in [5, 5.41) is 9.07. The number of anilines is 1. The van der Waals surface area contributed by atoms with Gasteiger partial charge in [0, 0.05) is 12.2 Å². The topological polar surface area (TPSA) is 65.5 Å². The lowest BCUT2D eigenvalue weighted by atomic mass is 10.1. The third-order valence-corrected chi connectivity index (χ3v) is 2.23. The number of carbonyl (C=O) groups is 1. The molecular formula is C12H18N4O. The Morgan fingerprint density at radius 2 is 2.00 bits per heavy atom. The molecule has 0 aromatic heterocycles. The summed E-state index contributed by atoms with van der Waals surface area (Å²) in [5.41, 5.74) is 5.61. The fraction of sp³-hybridized carbons (Fsp3) is 0.333. The maximum absolute atomic E-state index is 11.5. The highest BCUT2D eigenvalue weighted by Crippen LogP contribution is 2.18. The minimum absolute atomic E-state index is 0.302. The molecule has 3 N–H and O–H groups in total. The lowest BCUT2D eigenvalue weighted by molar-refractivity contribution is 0.256. The second-order valence-corrected chi connectivity index (χ2v) is 3.64. The van der Waals surface area contributed by atoms with Crippen LogP contribution in [0.3, 0.4) is 0 Å². The van der Waals surface area contributed by atoms with Crippen LogP contribution >= 0.6 is 0 Å². The van der Waals surface area contributed by atoms with Crippen LogP contribution in [-0.4, -0.2) is 18.9 Å². The van der Waals surface area contributed by atoms with Gasteiger partial charge in [-0.25, -0.2) is 4.79 Å². The van der Waals surface area contributed by atoms with Crippen LogP contribution in [0.15, 0.2) is 23.3 Å². The predicted molar refractivity (Wildman–Crippen MR) is 70.2 cm³/mol. The van der Waals surface area contributed by atoms with E-state index in [1.54, 1.807) is 0 Å². The van der Waals surface area contributed by atoms with Crippen molar-refractivity contribution in [3.8, 4) is 0 Å². The van der Waals surface area contributed by atoms with Crippen molar-refractivity contribution in [3.05, 3.63) is 29.3 Å². The zero-order valence-electron chi connectivity index (χ0n) is 10.4. The summed E-state index contributed by atoms with van der Waals surface area (Å²) in [4.78, 5) is 11.5. The van der Waals surface area contributed by atoms with Crippen LogP contribution in [-0.2, 0) is 0 Å². The number of benzene rings is 1. The molecule has 0 fully saturated rings. The summed E-state index contributed by atoms with van der Waals surface area (Å²) in [6.07, 6.45) is 1.33. The number of nitrogens with zero attached hydrogens (tertiary/aromatic N) is 1. The number of aryl methyl sites for hydroxylation is 2. The highest BCUT2D eigenvalue weighted by atomic mass is 16.2. The first-order chi connectivity index (χ1) is 8.15. The zero-order valence-corrected chi connectivity index (χ0v) is 10.4. The molecule has 2 amide bonds. The molecule has 0 atom stereocenters. The predicted octanol–water partition coefficient (Wildman–Crippen LogP) is 1.98. The molecule has 0 saturated carbocycles. The van der Waals surface area contributed by atoms with Gasteiger partial charge in [-0.3, -0.25) is 5.32 Å². The first-order valence-corrected chi connectivity index (χ1v) is 5.53.